The zero-order chi connectivity index (χ0) is 12.9. The Labute approximate surface area is 103 Å². The van der Waals surface area contributed by atoms with Crippen LogP contribution in [0.4, 0.5) is 0 Å². The molecule has 0 aromatic rings. The van der Waals surface area contributed by atoms with Gasteiger partial charge in [0.15, 0.2) is 0 Å². The molecule has 0 aliphatic carbocycles. The first kappa shape index (κ1) is 14.3. The third-order valence-electron chi connectivity index (χ3n) is 2.47. The lowest BCUT2D eigenvalue weighted by molar-refractivity contribution is -0.00910. The van der Waals surface area contributed by atoms with E-state index in [0.717, 1.165) is 19.4 Å². The Bertz CT molecular complexity index is 355. The fourth-order valence-electron chi connectivity index (χ4n) is 1.51. The van der Waals surface area contributed by atoms with Crippen molar-refractivity contribution in [3.05, 3.63) is 12.4 Å². The topological polar surface area (TPSA) is 70.1 Å². The van der Waals surface area contributed by atoms with Gasteiger partial charge in [-0.15, -0.1) is 0 Å². The summed E-state index contributed by atoms with van der Waals surface area (Å²) in [5, 5.41) is 8.65. The molecule has 17 heavy (non-hydrogen) atoms. The van der Waals surface area contributed by atoms with Crippen LogP contribution in [0, 0.1) is 0 Å². The van der Waals surface area contributed by atoms with Crippen LogP contribution in [0.1, 0.15) is 19.8 Å². The molecule has 0 aromatic carbocycles. The lowest BCUT2D eigenvalue weighted by Crippen LogP contribution is -2.41. The molecule has 0 radical (unpaired) electrons. The number of nitrogens with zero attached hydrogens (tertiary/aromatic N) is 2. The van der Waals surface area contributed by atoms with Gasteiger partial charge in [0.25, 0.3) is 10.1 Å². The summed E-state index contributed by atoms with van der Waals surface area (Å²) >= 11 is 0. The molecule has 0 aromatic heterocycles. The van der Waals surface area contributed by atoms with Gasteiger partial charge in [-0.2, -0.15) is 8.42 Å². The highest BCUT2D eigenvalue weighted by atomic mass is 32.2. The van der Waals surface area contributed by atoms with E-state index in [2.05, 4.69) is 6.92 Å². The van der Waals surface area contributed by atoms with Crippen molar-refractivity contribution in [2.45, 2.75) is 26.1 Å². The Kier molecular flexibility index (Phi) is 5.23. The van der Waals surface area contributed by atoms with Gasteiger partial charge in [-0.05, 0) is 6.42 Å². The molecule has 0 saturated heterocycles. The van der Waals surface area contributed by atoms with E-state index in [9.17, 15) is 8.42 Å². The first-order chi connectivity index (χ1) is 8.00. The van der Waals surface area contributed by atoms with E-state index in [1.165, 1.54) is 0 Å². The van der Waals surface area contributed by atoms with Gasteiger partial charge in [-0.25, -0.2) is 4.18 Å². The van der Waals surface area contributed by atoms with Crippen molar-refractivity contribution in [2.75, 3.05) is 26.0 Å². The molecule has 1 aliphatic rings. The van der Waals surface area contributed by atoms with Crippen LogP contribution in [0.25, 0.3) is 0 Å². The lowest BCUT2D eigenvalue weighted by Gasteiger charge is -2.29. The Morgan fingerprint density at radius 1 is 1.41 bits per heavy atom. The molecular formula is C10H20N2O4S. The molecule has 1 heterocycles. The Morgan fingerprint density at radius 2 is 2.12 bits per heavy atom. The van der Waals surface area contributed by atoms with E-state index in [1.54, 1.807) is 18.1 Å². The number of rotatable bonds is 7. The fourth-order valence-corrected chi connectivity index (χ4v) is 2.34. The monoisotopic (exact) mass is 264 g/mol. The van der Waals surface area contributed by atoms with Gasteiger partial charge in [0.05, 0.1) is 12.4 Å². The average Bonchev–Trinajstić information content (AvgIpc) is 2.57. The highest BCUT2D eigenvalue weighted by molar-refractivity contribution is 7.86. The summed E-state index contributed by atoms with van der Waals surface area (Å²) in [5.74, 6) is -0.376. The first-order valence-corrected chi connectivity index (χ1v) is 7.25. The third kappa shape index (κ3) is 4.18. The minimum Gasteiger partial charge on any atom is -0.395 e. The van der Waals surface area contributed by atoms with Crippen LogP contribution in [0.3, 0.4) is 0 Å². The Morgan fingerprint density at radius 3 is 2.71 bits per heavy atom. The van der Waals surface area contributed by atoms with Gasteiger partial charge >= 0.3 is 0 Å². The molecule has 0 spiro atoms. The molecule has 7 heteroatoms. The van der Waals surface area contributed by atoms with E-state index >= 15 is 0 Å². The van der Waals surface area contributed by atoms with Gasteiger partial charge < -0.3 is 14.9 Å². The smallest absolute Gasteiger partial charge is 0.273 e. The molecule has 1 atom stereocenters. The van der Waals surface area contributed by atoms with Crippen molar-refractivity contribution in [3.63, 3.8) is 0 Å². The van der Waals surface area contributed by atoms with Crippen LogP contribution in [-0.2, 0) is 14.3 Å². The quantitative estimate of drug-likeness (QED) is 0.659. The SMILES string of the molecule is CCCCN1C=CN(C)C1OS(=O)(=O)CCO. The average molecular weight is 264 g/mol. The maximum Gasteiger partial charge on any atom is 0.273 e. The van der Waals surface area contributed by atoms with Crippen molar-refractivity contribution in [1.82, 2.24) is 9.80 Å². The van der Waals surface area contributed by atoms with Gasteiger partial charge in [0.1, 0.15) is 0 Å². The maximum absolute atomic E-state index is 11.5. The number of aliphatic hydroxyl groups excluding tert-OH is 1. The van der Waals surface area contributed by atoms with Crippen molar-refractivity contribution in [2.24, 2.45) is 0 Å². The highest BCUT2D eigenvalue weighted by Crippen LogP contribution is 2.18. The molecule has 1 unspecified atom stereocenters. The van der Waals surface area contributed by atoms with E-state index in [1.807, 2.05) is 11.1 Å². The minimum absolute atomic E-state index is 0.376. The summed E-state index contributed by atoms with van der Waals surface area (Å²) in [4.78, 5) is 3.52. The number of unbranched alkanes of at least 4 members (excludes halogenated alkanes) is 1. The molecule has 0 saturated carbocycles. The second-order valence-corrected chi connectivity index (χ2v) is 5.68. The van der Waals surface area contributed by atoms with Crippen molar-refractivity contribution in [1.29, 1.82) is 0 Å². The van der Waals surface area contributed by atoms with Crippen LogP contribution < -0.4 is 0 Å². The largest absolute Gasteiger partial charge is 0.395 e. The predicted molar refractivity (Wildman–Crippen MR) is 64.3 cm³/mol. The van der Waals surface area contributed by atoms with Crippen LogP contribution in [-0.4, -0.2) is 55.6 Å². The van der Waals surface area contributed by atoms with Crippen LogP contribution >= 0.6 is 0 Å². The second-order valence-electron chi connectivity index (χ2n) is 3.96. The van der Waals surface area contributed by atoms with Gasteiger partial charge in [-0.3, -0.25) is 0 Å². The van der Waals surface area contributed by atoms with Crippen LogP contribution in [0.5, 0.6) is 0 Å². The normalized spacial score (nSPS) is 20.3. The summed E-state index contributed by atoms with van der Waals surface area (Å²) in [7, 11) is -1.93. The van der Waals surface area contributed by atoms with Crippen molar-refractivity contribution in [3.8, 4) is 0 Å². The zero-order valence-electron chi connectivity index (χ0n) is 10.2. The van der Waals surface area contributed by atoms with Crippen molar-refractivity contribution >= 4 is 10.1 Å². The molecule has 0 bridgehead atoms. The fraction of sp³-hybridized carbons (Fsp3) is 0.800. The second kappa shape index (κ2) is 6.23. The number of aliphatic hydroxyl groups is 1. The standard InChI is InChI=1S/C10H20N2O4S/c1-3-4-5-12-7-6-11(2)10(12)16-17(14,15)9-8-13/h6-7,10,13H,3-5,8-9H2,1-2H3. The maximum atomic E-state index is 11.5. The molecule has 1 rings (SSSR count). The number of hydrogen-bond acceptors (Lipinski definition) is 6. The Balaban J connectivity index is 2.61. The third-order valence-corrected chi connectivity index (χ3v) is 3.62. The summed E-state index contributed by atoms with van der Waals surface area (Å²) in [6.07, 6.45) is 4.96. The summed E-state index contributed by atoms with van der Waals surface area (Å²) < 4.78 is 28.0. The predicted octanol–water partition coefficient (Wildman–Crippen LogP) is 0.127. The van der Waals surface area contributed by atoms with E-state index < -0.39 is 23.1 Å². The van der Waals surface area contributed by atoms with Gasteiger partial charge in [0.2, 0.25) is 6.35 Å². The summed E-state index contributed by atoms with van der Waals surface area (Å²) in [6, 6.07) is 0. The molecule has 6 nitrogen and oxygen atoms in total. The molecule has 0 amide bonds. The van der Waals surface area contributed by atoms with Crippen LogP contribution in [0.2, 0.25) is 0 Å². The van der Waals surface area contributed by atoms with Crippen molar-refractivity contribution < 1.29 is 17.7 Å². The summed E-state index contributed by atoms with van der Waals surface area (Å²) in [5.41, 5.74) is 0. The van der Waals surface area contributed by atoms with E-state index in [4.69, 9.17) is 9.29 Å². The molecule has 0 fully saturated rings. The molecular weight excluding hydrogens is 244 g/mol. The van der Waals surface area contributed by atoms with E-state index in [-0.39, 0.29) is 5.75 Å². The van der Waals surface area contributed by atoms with Gasteiger partial charge in [0, 0.05) is 26.0 Å². The summed E-state index contributed by atoms with van der Waals surface area (Å²) in [6.45, 7) is 2.39. The molecule has 100 valence electrons. The zero-order valence-corrected chi connectivity index (χ0v) is 11.1. The molecule has 1 N–H and O–H groups in total. The minimum atomic E-state index is -3.68. The highest BCUT2D eigenvalue weighted by Gasteiger charge is 2.29. The van der Waals surface area contributed by atoms with Crippen LogP contribution in [0.15, 0.2) is 12.4 Å². The first-order valence-electron chi connectivity index (χ1n) is 5.68. The Hall–Kier alpha value is -0.790. The lowest BCUT2D eigenvalue weighted by atomic mass is 10.3. The molecule has 1 aliphatic heterocycles. The van der Waals surface area contributed by atoms with Gasteiger partial charge in [-0.1, -0.05) is 13.3 Å². The van der Waals surface area contributed by atoms with E-state index in [0.29, 0.717) is 0 Å². The number of hydrogen-bond donors (Lipinski definition) is 1.